The molecule has 0 amide bonds. The van der Waals surface area contributed by atoms with Gasteiger partial charge in [-0.15, -0.1) is 0 Å². The van der Waals surface area contributed by atoms with Gasteiger partial charge in [-0.05, 0) is 23.6 Å². The van der Waals surface area contributed by atoms with Crippen LogP contribution in [0, 0.1) is 10.1 Å². The predicted octanol–water partition coefficient (Wildman–Crippen LogP) is 7.23. The average Bonchev–Trinajstić information content (AvgIpc) is 2.77. The Balaban J connectivity index is 1.90. The number of nitro benzene ring substituents is 1. The lowest BCUT2D eigenvalue weighted by molar-refractivity contribution is -0.385. The van der Waals surface area contributed by atoms with Crippen LogP contribution in [0.5, 0.6) is 0 Å². The fourth-order valence-electron chi connectivity index (χ4n) is 3.32. The summed E-state index contributed by atoms with van der Waals surface area (Å²) in [5.41, 5.74) is 0.706. The van der Waals surface area contributed by atoms with Crippen molar-refractivity contribution in [2.24, 2.45) is 0 Å². The lowest BCUT2D eigenvalue weighted by Gasteiger charge is -2.08. The summed E-state index contributed by atoms with van der Waals surface area (Å²) in [6.07, 6.45) is 10.0. The SMILES string of the molecule is [2H]C([2H])(OC(=O)CCCCCCCCCCC)c1ccc(-c2ccccc2)cc1[N+](=O)[O-]. The van der Waals surface area contributed by atoms with E-state index in [0.29, 0.717) is 12.0 Å². The molecule has 0 saturated carbocycles. The minimum absolute atomic E-state index is 0.102. The van der Waals surface area contributed by atoms with Crippen molar-refractivity contribution in [1.82, 2.24) is 0 Å². The van der Waals surface area contributed by atoms with Gasteiger partial charge in [-0.3, -0.25) is 14.9 Å². The van der Waals surface area contributed by atoms with Gasteiger partial charge < -0.3 is 4.74 Å². The van der Waals surface area contributed by atoms with Crippen molar-refractivity contribution >= 4 is 11.7 Å². The van der Waals surface area contributed by atoms with E-state index in [9.17, 15) is 14.9 Å². The quantitative estimate of drug-likeness (QED) is 0.142. The van der Waals surface area contributed by atoms with Crippen LogP contribution >= 0.6 is 0 Å². The lowest BCUT2D eigenvalue weighted by atomic mass is 10.0. The molecule has 0 heterocycles. The Morgan fingerprint density at radius 1 is 0.933 bits per heavy atom. The molecule has 5 nitrogen and oxygen atoms in total. The summed E-state index contributed by atoms with van der Waals surface area (Å²) >= 11 is 0. The van der Waals surface area contributed by atoms with E-state index in [0.717, 1.165) is 24.8 Å². The van der Waals surface area contributed by atoms with Gasteiger partial charge in [0.2, 0.25) is 0 Å². The van der Waals surface area contributed by atoms with Gasteiger partial charge >= 0.3 is 5.97 Å². The topological polar surface area (TPSA) is 69.4 Å². The molecule has 5 heteroatoms. The van der Waals surface area contributed by atoms with Gasteiger partial charge in [0.05, 0.1) is 13.2 Å². The van der Waals surface area contributed by atoms with E-state index in [1.54, 1.807) is 6.07 Å². The highest BCUT2D eigenvalue weighted by molar-refractivity contribution is 5.70. The first-order valence-corrected chi connectivity index (χ1v) is 10.9. The number of unbranched alkanes of at least 4 members (excludes halogenated alkanes) is 8. The highest BCUT2D eigenvalue weighted by Gasteiger charge is 2.16. The van der Waals surface area contributed by atoms with Crippen LogP contribution in [-0.4, -0.2) is 10.9 Å². The number of hydrogen-bond donors (Lipinski definition) is 0. The van der Waals surface area contributed by atoms with Crippen LogP contribution < -0.4 is 0 Å². The Bertz CT molecular complexity index is 872. The first-order valence-electron chi connectivity index (χ1n) is 11.9. The highest BCUT2D eigenvalue weighted by Crippen LogP contribution is 2.27. The molecule has 0 fully saturated rings. The van der Waals surface area contributed by atoms with E-state index in [1.165, 1.54) is 44.2 Å². The molecule has 0 bridgehead atoms. The van der Waals surface area contributed by atoms with Gasteiger partial charge in [-0.1, -0.05) is 94.7 Å². The molecule has 0 radical (unpaired) electrons. The van der Waals surface area contributed by atoms with Crippen LogP contribution in [0.4, 0.5) is 5.69 Å². The van der Waals surface area contributed by atoms with E-state index in [1.807, 2.05) is 30.3 Å². The number of benzene rings is 2. The molecule has 2 aromatic carbocycles. The minimum Gasteiger partial charge on any atom is -0.461 e. The molecule has 0 saturated heterocycles. The van der Waals surface area contributed by atoms with Crippen molar-refractivity contribution < 1.29 is 17.2 Å². The van der Waals surface area contributed by atoms with Gasteiger partial charge in [0.15, 0.2) is 0 Å². The summed E-state index contributed by atoms with van der Waals surface area (Å²) in [6, 6.07) is 13.4. The molecule has 0 unspecified atom stereocenters. The molecular weight excluding hydrogens is 378 g/mol. The van der Waals surface area contributed by atoms with Crippen LogP contribution in [-0.2, 0) is 16.1 Å². The number of rotatable bonds is 14. The number of ether oxygens (including phenoxy) is 1. The summed E-state index contributed by atoms with van der Waals surface area (Å²) in [5.74, 6) is -0.681. The van der Waals surface area contributed by atoms with E-state index >= 15 is 0 Å². The maximum Gasteiger partial charge on any atom is 0.306 e. The van der Waals surface area contributed by atoms with Crippen LogP contribution in [0.25, 0.3) is 11.1 Å². The summed E-state index contributed by atoms with van der Waals surface area (Å²) in [7, 11) is 0. The van der Waals surface area contributed by atoms with Crippen LogP contribution in [0.3, 0.4) is 0 Å². The minimum atomic E-state index is -2.58. The Kier molecular flexibility index (Phi) is 9.27. The molecule has 0 aliphatic rings. The molecular formula is C25H33NO4. The Labute approximate surface area is 182 Å². The van der Waals surface area contributed by atoms with E-state index in [2.05, 4.69) is 6.92 Å². The molecule has 30 heavy (non-hydrogen) atoms. The van der Waals surface area contributed by atoms with Crippen molar-refractivity contribution in [3.05, 3.63) is 64.2 Å². The fourth-order valence-corrected chi connectivity index (χ4v) is 3.32. The third-order valence-corrected chi connectivity index (χ3v) is 5.06. The summed E-state index contributed by atoms with van der Waals surface area (Å²) in [5, 5.41) is 11.6. The van der Waals surface area contributed by atoms with Crippen molar-refractivity contribution in [3.63, 3.8) is 0 Å². The summed E-state index contributed by atoms with van der Waals surface area (Å²) in [4.78, 5) is 23.1. The molecule has 0 aliphatic heterocycles. The first kappa shape index (κ1) is 20.6. The third kappa shape index (κ3) is 8.36. The third-order valence-electron chi connectivity index (χ3n) is 5.06. The Hall–Kier alpha value is -2.69. The molecule has 0 aliphatic carbocycles. The number of nitro groups is 1. The van der Waals surface area contributed by atoms with Crippen molar-refractivity contribution in [2.45, 2.75) is 77.7 Å². The van der Waals surface area contributed by atoms with Crippen molar-refractivity contribution in [3.8, 4) is 11.1 Å². The van der Waals surface area contributed by atoms with Gasteiger partial charge in [0.1, 0.15) is 6.56 Å². The Morgan fingerprint density at radius 3 is 2.20 bits per heavy atom. The van der Waals surface area contributed by atoms with Crippen LogP contribution in [0.15, 0.2) is 48.5 Å². The number of esters is 1. The van der Waals surface area contributed by atoms with E-state index in [4.69, 9.17) is 7.48 Å². The number of carbonyl (C=O) groups excluding carboxylic acids is 1. The Morgan fingerprint density at radius 2 is 1.57 bits per heavy atom. The van der Waals surface area contributed by atoms with Crippen molar-refractivity contribution in [1.29, 1.82) is 0 Å². The van der Waals surface area contributed by atoms with Gasteiger partial charge in [0, 0.05) is 12.5 Å². The molecule has 2 rings (SSSR count). The standard InChI is InChI=1S/C25H33NO4/c1-2-3-4-5-6-7-8-9-13-16-25(27)30-20-23-18-17-22(19-24(23)26(28)29)21-14-11-10-12-15-21/h10-12,14-15,17-19H,2-9,13,16,20H2,1H3/i20D2. The maximum atomic E-state index is 12.2. The second-order valence-corrected chi connectivity index (χ2v) is 7.51. The number of carbonyl (C=O) groups is 1. The van der Waals surface area contributed by atoms with Gasteiger partial charge in [-0.25, -0.2) is 0 Å². The second kappa shape index (κ2) is 13.5. The van der Waals surface area contributed by atoms with Crippen LogP contribution in [0.2, 0.25) is 0 Å². The van der Waals surface area contributed by atoms with E-state index in [-0.39, 0.29) is 12.0 Å². The number of nitrogens with zero attached hydrogens (tertiary/aromatic N) is 1. The van der Waals surface area contributed by atoms with Crippen molar-refractivity contribution in [2.75, 3.05) is 0 Å². The zero-order chi connectivity index (χ0) is 23.4. The molecule has 0 atom stereocenters. The number of hydrogen-bond acceptors (Lipinski definition) is 4. The fraction of sp³-hybridized carbons (Fsp3) is 0.480. The van der Waals surface area contributed by atoms with E-state index < -0.39 is 23.1 Å². The second-order valence-electron chi connectivity index (χ2n) is 7.51. The largest absolute Gasteiger partial charge is 0.461 e. The van der Waals surface area contributed by atoms with Gasteiger partial charge in [-0.2, -0.15) is 0 Å². The lowest BCUT2D eigenvalue weighted by Crippen LogP contribution is -2.06. The molecule has 0 aromatic heterocycles. The summed E-state index contributed by atoms with van der Waals surface area (Å²) < 4.78 is 21.3. The molecule has 162 valence electrons. The molecule has 0 N–H and O–H groups in total. The first-order chi connectivity index (χ1) is 15.3. The molecule has 2 aromatic rings. The predicted molar refractivity (Wildman–Crippen MR) is 120 cm³/mol. The van der Waals surface area contributed by atoms with Crippen LogP contribution in [0.1, 0.15) is 79.4 Å². The smallest absolute Gasteiger partial charge is 0.306 e. The average molecular weight is 414 g/mol. The maximum absolute atomic E-state index is 12.2. The summed E-state index contributed by atoms with van der Waals surface area (Å²) in [6.45, 7) is -0.382. The monoisotopic (exact) mass is 413 g/mol. The normalized spacial score (nSPS) is 12.2. The zero-order valence-corrected chi connectivity index (χ0v) is 17.8. The highest BCUT2D eigenvalue weighted by atomic mass is 16.6. The molecule has 0 spiro atoms. The zero-order valence-electron chi connectivity index (χ0n) is 19.8. The van der Waals surface area contributed by atoms with Gasteiger partial charge in [0.25, 0.3) is 5.69 Å².